The topological polar surface area (TPSA) is 66.8 Å². The molecule has 1 N–H and O–H groups in total. The Bertz CT molecular complexity index is 532. The van der Waals surface area contributed by atoms with Gasteiger partial charge >= 0.3 is 5.97 Å². The lowest BCUT2D eigenvalue weighted by Crippen LogP contribution is -2.46. The molecule has 1 unspecified atom stereocenters. The number of carboxylic acids is 1. The highest BCUT2D eigenvalue weighted by molar-refractivity contribution is 9.10. The van der Waals surface area contributed by atoms with Gasteiger partial charge in [-0.3, -0.25) is 9.59 Å². The number of amides is 1. The highest BCUT2D eigenvalue weighted by atomic mass is 79.9. The third-order valence-corrected chi connectivity index (χ3v) is 3.87. The van der Waals surface area contributed by atoms with Gasteiger partial charge in [-0.2, -0.15) is 0 Å². The molecule has 0 aliphatic carbocycles. The number of halogens is 1. The SMILES string of the molecule is Cc1ccc(Br)c(C(=O)N2CCOC(CC(=O)O)C2)c1. The van der Waals surface area contributed by atoms with Crippen molar-refractivity contribution in [2.24, 2.45) is 0 Å². The number of morpholine rings is 1. The van der Waals surface area contributed by atoms with Gasteiger partial charge in [0.15, 0.2) is 0 Å². The van der Waals surface area contributed by atoms with Gasteiger partial charge in [-0.05, 0) is 35.0 Å². The second-order valence-corrected chi connectivity index (χ2v) is 5.68. The van der Waals surface area contributed by atoms with Crippen molar-refractivity contribution in [2.45, 2.75) is 19.4 Å². The second kappa shape index (κ2) is 6.37. The van der Waals surface area contributed by atoms with Gasteiger partial charge in [0.05, 0.1) is 24.7 Å². The lowest BCUT2D eigenvalue weighted by molar-refractivity contribution is -0.141. The minimum absolute atomic E-state index is 0.0846. The smallest absolute Gasteiger partial charge is 0.306 e. The molecule has 1 saturated heterocycles. The molecule has 1 fully saturated rings. The minimum Gasteiger partial charge on any atom is -0.481 e. The molecule has 0 saturated carbocycles. The van der Waals surface area contributed by atoms with Crippen LogP contribution >= 0.6 is 15.9 Å². The maximum Gasteiger partial charge on any atom is 0.306 e. The van der Waals surface area contributed by atoms with Crippen LogP contribution in [0.2, 0.25) is 0 Å². The van der Waals surface area contributed by atoms with Crippen molar-refractivity contribution >= 4 is 27.8 Å². The molecule has 0 bridgehead atoms. The Morgan fingerprint density at radius 2 is 2.25 bits per heavy atom. The average Bonchev–Trinajstić information content (AvgIpc) is 2.40. The van der Waals surface area contributed by atoms with Crippen molar-refractivity contribution in [3.05, 3.63) is 33.8 Å². The monoisotopic (exact) mass is 341 g/mol. The Morgan fingerprint density at radius 3 is 2.95 bits per heavy atom. The minimum atomic E-state index is -0.916. The van der Waals surface area contributed by atoms with Gasteiger partial charge in [-0.1, -0.05) is 11.6 Å². The van der Waals surface area contributed by atoms with Crippen LogP contribution in [-0.2, 0) is 9.53 Å². The normalized spacial score (nSPS) is 18.9. The Labute approximate surface area is 125 Å². The number of carboxylic acid groups (broad SMARTS) is 1. The summed E-state index contributed by atoms with van der Waals surface area (Å²) < 4.78 is 6.12. The summed E-state index contributed by atoms with van der Waals surface area (Å²) in [6.07, 6.45) is -0.521. The van der Waals surface area contributed by atoms with Crippen molar-refractivity contribution in [2.75, 3.05) is 19.7 Å². The van der Waals surface area contributed by atoms with E-state index in [0.717, 1.165) is 10.0 Å². The van der Waals surface area contributed by atoms with Crippen molar-refractivity contribution in [1.29, 1.82) is 0 Å². The summed E-state index contributed by atoms with van der Waals surface area (Å²) in [5, 5.41) is 8.80. The fourth-order valence-electron chi connectivity index (χ4n) is 2.20. The molecule has 1 aromatic rings. The van der Waals surface area contributed by atoms with Gasteiger partial charge < -0.3 is 14.7 Å². The van der Waals surface area contributed by atoms with Crippen LogP contribution in [-0.4, -0.2) is 47.7 Å². The average molecular weight is 342 g/mol. The van der Waals surface area contributed by atoms with Gasteiger partial charge in [0.25, 0.3) is 5.91 Å². The number of nitrogens with zero attached hydrogens (tertiary/aromatic N) is 1. The van der Waals surface area contributed by atoms with Crippen molar-refractivity contribution in [3.63, 3.8) is 0 Å². The van der Waals surface area contributed by atoms with Crippen molar-refractivity contribution < 1.29 is 19.4 Å². The molecule has 0 radical (unpaired) electrons. The molecule has 20 heavy (non-hydrogen) atoms. The standard InChI is InChI=1S/C14H16BrNO4/c1-9-2-3-12(15)11(6-9)14(19)16-4-5-20-10(8-16)7-13(17)18/h2-3,6,10H,4-5,7-8H2,1H3,(H,17,18). The van der Waals surface area contributed by atoms with Crippen LogP contribution in [0.1, 0.15) is 22.3 Å². The summed E-state index contributed by atoms with van der Waals surface area (Å²) in [7, 11) is 0. The predicted octanol–water partition coefficient (Wildman–Crippen LogP) is 2.07. The Balaban J connectivity index is 2.12. The first-order chi connectivity index (χ1) is 9.47. The Morgan fingerprint density at radius 1 is 1.50 bits per heavy atom. The summed E-state index contributed by atoms with van der Waals surface area (Å²) in [5.41, 5.74) is 1.60. The van der Waals surface area contributed by atoms with Gasteiger partial charge in [-0.25, -0.2) is 0 Å². The van der Waals surface area contributed by atoms with E-state index >= 15 is 0 Å². The predicted molar refractivity (Wildman–Crippen MR) is 76.8 cm³/mol. The molecule has 1 heterocycles. The van der Waals surface area contributed by atoms with Gasteiger partial charge in [0, 0.05) is 17.6 Å². The zero-order valence-electron chi connectivity index (χ0n) is 11.1. The number of hydrogen-bond acceptors (Lipinski definition) is 3. The lowest BCUT2D eigenvalue weighted by atomic mass is 10.1. The molecule has 1 aromatic carbocycles. The summed E-state index contributed by atoms with van der Waals surface area (Å²) in [6, 6.07) is 5.60. The first-order valence-electron chi connectivity index (χ1n) is 6.36. The van der Waals surface area contributed by atoms with Crippen molar-refractivity contribution in [3.8, 4) is 0 Å². The van der Waals surface area contributed by atoms with E-state index in [0.29, 0.717) is 25.3 Å². The molecule has 6 heteroatoms. The van der Waals surface area contributed by atoms with E-state index in [9.17, 15) is 9.59 Å². The Hall–Kier alpha value is -1.40. The van der Waals surface area contributed by atoms with Gasteiger partial charge in [0.2, 0.25) is 0 Å². The molecule has 1 atom stereocenters. The maximum atomic E-state index is 12.5. The Kier molecular flexibility index (Phi) is 4.77. The summed E-state index contributed by atoms with van der Waals surface area (Å²) in [6.45, 7) is 3.09. The molecule has 108 valence electrons. The van der Waals surface area contributed by atoms with E-state index in [4.69, 9.17) is 9.84 Å². The van der Waals surface area contributed by atoms with Crippen LogP contribution in [0.25, 0.3) is 0 Å². The number of ether oxygens (including phenoxy) is 1. The molecule has 2 rings (SSSR count). The first kappa shape index (κ1) is 15.0. The second-order valence-electron chi connectivity index (χ2n) is 4.83. The largest absolute Gasteiger partial charge is 0.481 e. The maximum absolute atomic E-state index is 12.5. The van der Waals surface area contributed by atoms with Gasteiger partial charge in [0.1, 0.15) is 0 Å². The van der Waals surface area contributed by atoms with E-state index < -0.39 is 12.1 Å². The number of aliphatic carboxylic acids is 1. The molecule has 1 amide bonds. The van der Waals surface area contributed by atoms with E-state index in [1.54, 1.807) is 4.90 Å². The molecule has 1 aliphatic rings. The van der Waals surface area contributed by atoms with E-state index in [2.05, 4.69) is 15.9 Å². The van der Waals surface area contributed by atoms with Crippen LogP contribution in [0.4, 0.5) is 0 Å². The van der Waals surface area contributed by atoms with E-state index in [-0.39, 0.29) is 12.3 Å². The van der Waals surface area contributed by atoms with Crippen LogP contribution < -0.4 is 0 Å². The zero-order valence-corrected chi connectivity index (χ0v) is 12.7. The quantitative estimate of drug-likeness (QED) is 0.913. The van der Waals surface area contributed by atoms with Crippen LogP contribution in [0.3, 0.4) is 0 Å². The number of benzene rings is 1. The number of aryl methyl sites for hydroxylation is 1. The zero-order chi connectivity index (χ0) is 14.7. The number of hydrogen-bond donors (Lipinski definition) is 1. The summed E-state index contributed by atoms with van der Waals surface area (Å²) in [5.74, 6) is -1.01. The summed E-state index contributed by atoms with van der Waals surface area (Å²) in [4.78, 5) is 24.9. The molecule has 0 spiro atoms. The third kappa shape index (κ3) is 3.58. The van der Waals surface area contributed by atoms with Crippen LogP contribution in [0.15, 0.2) is 22.7 Å². The first-order valence-corrected chi connectivity index (χ1v) is 7.15. The molecular formula is C14H16BrNO4. The van der Waals surface area contributed by atoms with E-state index in [1.165, 1.54) is 0 Å². The number of rotatable bonds is 3. The van der Waals surface area contributed by atoms with Crippen LogP contribution in [0.5, 0.6) is 0 Å². The molecule has 5 nitrogen and oxygen atoms in total. The number of carbonyl (C=O) groups is 2. The molecule has 0 aromatic heterocycles. The fourth-order valence-corrected chi connectivity index (χ4v) is 2.61. The molecule has 1 aliphatic heterocycles. The van der Waals surface area contributed by atoms with Gasteiger partial charge in [-0.15, -0.1) is 0 Å². The number of carbonyl (C=O) groups excluding carboxylic acids is 1. The lowest BCUT2D eigenvalue weighted by Gasteiger charge is -2.32. The highest BCUT2D eigenvalue weighted by Gasteiger charge is 2.27. The third-order valence-electron chi connectivity index (χ3n) is 3.18. The van der Waals surface area contributed by atoms with Crippen molar-refractivity contribution in [1.82, 2.24) is 4.90 Å². The fraction of sp³-hybridized carbons (Fsp3) is 0.429. The molecular weight excluding hydrogens is 326 g/mol. The summed E-state index contributed by atoms with van der Waals surface area (Å²) >= 11 is 3.38. The van der Waals surface area contributed by atoms with E-state index in [1.807, 2.05) is 25.1 Å². The highest BCUT2D eigenvalue weighted by Crippen LogP contribution is 2.21. The van der Waals surface area contributed by atoms with Crippen LogP contribution in [0, 0.1) is 6.92 Å².